The second kappa shape index (κ2) is 5.92. The summed E-state index contributed by atoms with van der Waals surface area (Å²) in [6.07, 6.45) is 0. The first-order valence-electron chi connectivity index (χ1n) is 4.38. The summed E-state index contributed by atoms with van der Waals surface area (Å²) in [6, 6.07) is 3.97. The van der Waals surface area contributed by atoms with Gasteiger partial charge in [0, 0.05) is 18.2 Å². The summed E-state index contributed by atoms with van der Waals surface area (Å²) in [5.74, 6) is -0.347. The van der Waals surface area contributed by atoms with Crippen LogP contribution in [0.4, 0.5) is 11.4 Å². The average Bonchev–Trinajstić information content (AvgIpc) is 2.18. The Hall–Kier alpha value is -1.82. The Balaban J connectivity index is 0.00000225. The number of nitrogens with one attached hydrogen (secondary N) is 1. The fourth-order valence-electron chi connectivity index (χ4n) is 1.11. The van der Waals surface area contributed by atoms with Crippen molar-refractivity contribution in [2.24, 2.45) is 0 Å². The van der Waals surface area contributed by atoms with E-state index in [9.17, 15) is 14.9 Å². The van der Waals surface area contributed by atoms with Crippen LogP contribution in [0.25, 0.3) is 0 Å². The van der Waals surface area contributed by atoms with Gasteiger partial charge in [0.25, 0.3) is 11.6 Å². The smallest absolute Gasteiger partial charge is 0.292 e. The van der Waals surface area contributed by atoms with Crippen LogP contribution in [0.15, 0.2) is 18.2 Å². The highest BCUT2D eigenvalue weighted by Crippen LogP contribution is 2.22. The third-order valence-electron chi connectivity index (χ3n) is 1.83. The number of nitrogen functional groups attached to an aromatic ring is 1. The Bertz CT molecular complexity index is 409. The van der Waals surface area contributed by atoms with Gasteiger partial charge < -0.3 is 11.1 Å². The molecule has 88 valence electrons. The predicted octanol–water partition coefficient (Wildman–Crippen LogP) is 1.35. The van der Waals surface area contributed by atoms with Gasteiger partial charge in [0.2, 0.25) is 0 Å². The summed E-state index contributed by atoms with van der Waals surface area (Å²) in [6.45, 7) is 2.24. The number of anilines is 1. The molecule has 0 spiro atoms. The maximum atomic E-state index is 11.4. The average molecular weight is 246 g/mol. The Morgan fingerprint density at radius 3 is 2.69 bits per heavy atom. The van der Waals surface area contributed by atoms with Gasteiger partial charge in [0.15, 0.2) is 0 Å². The molecule has 1 aromatic carbocycles. The fraction of sp³-hybridized carbons (Fsp3) is 0.222. The van der Waals surface area contributed by atoms with Crippen LogP contribution in [-0.2, 0) is 0 Å². The number of nitro groups is 1. The molecule has 0 unspecified atom stereocenters. The molecule has 3 N–H and O–H groups in total. The highest BCUT2D eigenvalue weighted by Gasteiger charge is 2.14. The Labute approximate surface area is 98.4 Å². The number of rotatable bonds is 3. The van der Waals surface area contributed by atoms with E-state index in [0.29, 0.717) is 6.54 Å². The van der Waals surface area contributed by atoms with Gasteiger partial charge in [-0.1, -0.05) is 0 Å². The van der Waals surface area contributed by atoms with Crippen molar-refractivity contribution in [3.05, 3.63) is 33.9 Å². The van der Waals surface area contributed by atoms with Crippen molar-refractivity contribution in [1.29, 1.82) is 0 Å². The summed E-state index contributed by atoms with van der Waals surface area (Å²) in [4.78, 5) is 21.3. The molecule has 6 nitrogen and oxygen atoms in total. The van der Waals surface area contributed by atoms with E-state index >= 15 is 0 Å². The highest BCUT2D eigenvalue weighted by molar-refractivity contribution is 5.95. The summed E-state index contributed by atoms with van der Waals surface area (Å²) < 4.78 is 0. The van der Waals surface area contributed by atoms with Crippen LogP contribution in [0, 0.1) is 10.1 Å². The molecule has 1 amide bonds. The molecule has 0 aromatic heterocycles. The number of benzene rings is 1. The van der Waals surface area contributed by atoms with E-state index in [2.05, 4.69) is 5.32 Å². The molecule has 0 fully saturated rings. The van der Waals surface area contributed by atoms with Crippen LogP contribution in [0.1, 0.15) is 17.3 Å². The number of halogens is 1. The lowest BCUT2D eigenvalue weighted by atomic mass is 10.1. The minimum Gasteiger partial charge on any atom is -0.393 e. The SMILES string of the molecule is CCNC(=O)c1ccc(N)c([N+](=O)[O-])c1.Cl. The third kappa shape index (κ3) is 3.09. The maximum absolute atomic E-state index is 11.4. The standard InChI is InChI=1S/C9H11N3O3.ClH/c1-2-11-9(13)6-3-4-7(10)8(5-6)12(14)15;/h3-5H,2,10H2,1H3,(H,11,13);1H. The van der Waals surface area contributed by atoms with Gasteiger partial charge in [-0.3, -0.25) is 14.9 Å². The van der Waals surface area contributed by atoms with Crippen LogP contribution >= 0.6 is 12.4 Å². The number of carbonyl (C=O) groups is 1. The van der Waals surface area contributed by atoms with Gasteiger partial charge in [0.1, 0.15) is 5.69 Å². The number of amides is 1. The molecule has 1 rings (SSSR count). The number of hydrogen-bond donors (Lipinski definition) is 2. The fourth-order valence-corrected chi connectivity index (χ4v) is 1.11. The van der Waals surface area contributed by atoms with Gasteiger partial charge in [-0.05, 0) is 19.1 Å². The summed E-state index contributed by atoms with van der Waals surface area (Å²) in [5.41, 5.74) is 5.42. The molecule has 0 atom stereocenters. The van der Waals surface area contributed by atoms with Crippen LogP contribution in [0.5, 0.6) is 0 Å². The molecule has 0 saturated carbocycles. The molecule has 0 radical (unpaired) electrons. The first-order chi connectivity index (χ1) is 7.06. The quantitative estimate of drug-likeness (QED) is 0.477. The lowest BCUT2D eigenvalue weighted by Gasteiger charge is -2.02. The van der Waals surface area contributed by atoms with Crippen molar-refractivity contribution in [2.75, 3.05) is 12.3 Å². The Kier molecular flexibility index (Phi) is 5.24. The molecule has 0 aliphatic carbocycles. The van der Waals surface area contributed by atoms with Crippen LogP contribution < -0.4 is 11.1 Å². The zero-order chi connectivity index (χ0) is 11.4. The Morgan fingerprint density at radius 2 is 2.19 bits per heavy atom. The predicted molar refractivity (Wildman–Crippen MR) is 62.8 cm³/mol. The number of nitrogens with two attached hydrogens (primary N) is 1. The van der Waals surface area contributed by atoms with Crippen LogP contribution in [0.2, 0.25) is 0 Å². The highest BCUT2D eigenvalue weighted by atomic mass is 35.5. The van der Waals surface area contributed by atoms with Crippen molar-refractivity contribution in [3.63, 3.8) is 0 Å². The van der Waals surface area contributed by atoms with E-state index in [0.717, 1.165) is 0 Å². The number of nitrogens with zero attached hydrogens (tertiary/aromatic N) is 1. The van der Waals surface area contributed by atoms with Gasteiger partial charge in [-0.2, -0.15) is 0 Å². The maximum Gasteiger partial charge on any atom is 0.292 e. The molecule has 7 heteroatoms. The topological polar surface area (TPSA) is 98.3 Å². The first kappa shape index (κ1) is 14.2. The molecule has 0 bridgehead atoms. The number of carbonyl (C=O) groups excluding carboxylic acids is 1. The van der Waals surface area contributed by atoms with E-state index in [1.54, 1.807) is 6.92 Å². The number of hydrogen-bond acceptors (Lipinski definition) is 4. The van der Waals surface area contributed by atoms with Gasteiger partial charge >= 0.3 is 0 Å². The third-order valence-corrected chi connectivity index (χ3v) is 1.83. The van der Waals surface area contributed by atoms with Crippen LogP contribution in [-0.4, -0.2) is 17.4 Å². The first-order valence-corrected chi connectivity index (χ1v) is 4.38. The molecule has 0 aliphatic rings. The lowest BCUT2D eigenvalue weighted by Crippen LogP contribution is -2.22. The minimum atomic E-state index is -0.613. The van der Waals surface area contributed by atoms with E-state index < -0.39 is 4.92 Å². The zero-order valence-corrected chi connectivity index (χ0v) is 9.41. The lowest BCUT2D eigenvalue weighted by molar-refractivity contribution is -0.383. The summed E-state index contributed by atoms with van der Waals surface area (Å²) in [7, 11) is 0. The van der Waals surface area contributed by atoms with Crippen molar-refractivity contribution in [3.8, 4) is 0 Å². The molecular weight excluding hydrogens is 234 g/mol. The van der Waals surface area contributed by atoms with Gasteiger partial charge in [-0.15, -0.1) is 12.4 Å². The van der Waals surface area contributed by atoms with E-state index in [-0.39, 0.29) is 35.3 Å². The molecule has 0 heterocycles. The monoisotopic (exact) mass is 245 g/mol. The van der Waals surface area contributed by atoms with E-state index in [1.807, 2.05) is 0 Å². The largest absolute Gasteiger partial charge is 0.393 e. The zero-order valence-electron chi connectivity index (χ0n) is 8.60. The van der Waals surface area contributed by atoms with Crippen molar-refractivity contribution in [2.45, 2.75) is 6.92 Å². The Morgan fingerprint density at radius 1 is 1.56 bits per heavy atom. The normalized spacial score (nSPS) is 9.06. The molecule has 0 saturated heterocycles. The summed E-state index contributed by atoms with van der Waals surface area (Å²) in [5, 5.41) is 13.1. The molecular formula is C9H12ClN3O3. The van der Waals surface area contributed by atoms with Gasteiger partial charge in [0.05, 0.1) is 4.92 Å². The van der Waals surface area contributed by atoms with Crippen LogP contribution in [0.3, 0.4) is 0 Å². The van der Waals surface area contributed by atoms with Crippen molar-refractivity contribution >= 4 is 29.7 Å². The van der Waals surface area contributed by atoms with E-state index in [4.69, 9.17) is 5.73 Å². The van der Waals surface area contributed by atoms with Gasteiger partial charge in [-0.25, -0.2) is 0 Å². The summed E-state index contributed by atoms with van der Waals surface area (Å²) >= 11 is 0. The minimum absolute atomic E-state index is 0. The molecule has 16 heavy (non-hydrogen) atoms. The molecule has 1 aromatic rings. The second-order valence-electron chi connectivity index (χ2n) is 2.89. The van der Waals surface area contributed by atoms with Crippen molar-refractivity contribution < 1.29 is 9.72 Å². The van der Waals surface area contributed by atoms with Crippen molar-refractivity contribution in [1.82, 2.24) is 5.32 Å². The number of nitro benzene ring substituents is 1. The second-order valence-corrected chi connectivity index (χ2v) is 2.89. The molecule has 0 aliphatic heterocycles. The van der Waals surface area contributed by atoms with E-state index in [1.165, 1.54) is 18.2 Å².